The molecule has 57 heavy (non-hydrogen) atoms. The van der Waals surface area contributed by atoms with Gasteiger partial charge in [0, 0.05) is 36.8 Å². The molecule has 19 nitrogen and oxygen atoms in total. The Labute approximate surface area is 329 Å². The van der Waals surface area contributed by atoms with Crippen molar-refractivity contribution in [3.8, 4) is 29.9 Å². The molecule has 0 bridgehead atoms. The van der Waals surface area contributed by atoms with E-state index in [-0.39, 0.29) is 59.3 Å². The summed E-state index contributed by atoms with van der Waals surface area (Å²) >= 11 is 1.24. The van der Waals surface area contributed by atoms with Crippen LogP contribution in [0.1, 0.15) is 26.6 Å². The maximum Gasteiger partial charge on any atom is 0.335 e. The lowest BCUT2D eigenvalue weighted by Crippen LogP contribution is -2.39. The first-order valence-electron chi connectivity index (χ1n) is 16.8. The van der Waals surface area contributed by atoms with Gasteiger partial charge in [-0.3, -0.25) is 19.4 Å². The molecule has 300 valence electrons. The second-order valence-electron chi connectivity index (χ2n) is 13.1. The quantitative estimate of drug-likeness (QED) is 0.204. The molecule has 6 heterocycles. The fourth-order valence-corrected chi connectivity index (χ4v) is 9.17. The molecule has 0 atom stereocenters. The number of sulfone groups is 1. The predicted molar refractivity (Wildman–Crippen MR) is 203 cm³/mol. The minimum Gasteiger partial charge on any atom is -0.481 e. The van der Waals surface area contributed by atoms with Gasteiger partial charge in [0.2, 0.25) is 22.5 Å². The summed E-state index contributed by atoms with van der Waals surface area (Å²) in [6.45, 7) is 6.40. The third kappa shape index (κ3) is 8.52. The molecule has 0 saturated heterocycles. The number of hydrogen-bond donors (Lipinski definition) is 2. The summed E-state index contributed by atoms with van der Waals surface area (Å²) in [4.78, 5) is 42.6. The number of nitrogens with zero attached hydrogens (tertiary/aromatic N) is 8. The standard InChI is InChI=1S/C18H17FN4O2S.C16H18N6O7S2/c1-4-5-22-13-7-12(11(19)6-14(13)25-9-16(22)24)20-17-23-10-18(2,3)8-15(23)21-26-17;1-4-30(24,25)13-14(22-8-6-5-7-10(22)17-13)31(26,27)21-16(23)20-15-18-11(28-2)9-12(19-15)29-3/h1,6-7H,5,8-10H2,2-3H3;5-9H,4H2,1-3H3,(H2,18,19,20,21,23). The number of carbonyl (C=O) groups excluding carboxylic acids is 2. The third-order valence-electron chi connectivity index (χ3n) is 8.37. The fraction of sp³-hybridized carbons (Fsp3) is 0.324. The van der Waals surface area contributed by atoms with Crippen LogP contribution in [-0.2, 0) is 37.6 Å². The van der Waals surface area contributed by atoms with E-state index < -0.39 is 41.8 Å². The van der Waals surface area contributed by atoms with E-state index in [1.807, 2.05) is 4.57 Å². The second-order valence-corrected chi connectivity index (χ2v) is 17.6. The molecule has 0 saturated carbocycles. The van der Waals surface area contributed by atoms with Crippen LogP contribution in [0.25, 0.3) is 5.65 Å². The number of pyridine rings is 1. The topological polar surface area (TPSA) is 231 Å². The lowest BCUT2D eigenvalue weighted by atomic mass is 9.92. The molecule has 0 unspecified atom stereocenters. The zero-order valence-corrected chi connectivity index (χ0v) is 33.5. The minimum absolute atomic E-state index is 0.0584. The van der Waals surface area contributed by atoms with E-state index in [9.17, 15) is 30.8 Å². The number of hydrogen-bond acceptors (Lipinski definition) is 15. The summed E-state index contributed by atoms with van der Waals surface area (Å²) in [6, 6.07) is 7.36. The molecule has 0 spiro atoms. The highest BCUT2D eigenvalue weighted by Gasteiger charge is 2.34. The van der Waals surface area contributed by atoms with E-state index in [4.69, 9.17) is 20.6 Å². The first-order valence-corrected chi connectivity index (χ1v) is 20.7. The van der Waals surface area contributed by atoms with Crippen LogP contribution in [-0.4, -0.2) is 90.2 Å². The lowest BCUT2D eigenvalue weighted by molar-refractivity contribution is -0.121. The predicted octanol–water partition coefficient (Wildman–Crippen LogP) is 2.70. The highest BCUT2D eigenvalue weighted by atomic mass is 32.2. The number of terminal acetylenes is 1. The molecule has 23 heteroatoms. The van der Waals surface area contributed by atoms with Gasteiger partial charge in [0.05, 0.1) is 38.3 Å². The number of methoxy groups -OCH3 is 2. The molecule has 3 amide bonds. The molecule has 0 fully saturated rings. The van der Waals surface area contributed by atoms with Gasteiger partial charge in [-0.1, -0.05) is 32.8 Å². The number of rotatable bonds is 9. The molecule has 2 aliphatic rings. The first-order chi connectivity index (χ1) is 27.0. The van der Waals surface area contributed by atoms with Crippen LogP contribution in [0.15, 0.2) is 57.6 Å². The summed E-state index contributed by atoms with van der Waals surface area (Å²) in [5.41, 5.74) is 0.758. The van der Waals surface area contributed by atoms with Crippen LogP contribution in [0.3, 0.4) is 0 Å². The Balaban J connectivity index is 0.000000195. The molecule has 0 aliphatic carbocycles. The Kier molecular flexibility index (Phi) is 11.2. The van der Waals surface area contributed by atoms with Gasteiger partial charge in [-0.2, -0.15) is 22.8 Å². The molecule has 2 aliphatic heterocycles. The monoisotopic (exact) mass is 842 g/mol. The van der Waals surface area contributed by atoms with Crippen LogP contribution in [0.4, 0.5) is 26.5 Å². The van der Waals surface area contributed by atoms with Crippen LogP contribution < -0.4 is 34.0 Å². The van der Waals surface area contributed by atoms with Crippen LogP contribution in [0, 0.1) is 23.6 Å². The number of anilines is 2. The Morgan fingerprint density at radius 1 is 1.12 bits per heavy atom. The number of benzene rings is 1. The van der Waals surface area contributed by atoms with Crippen molar-refractivity contribution in [2.45, 2.75) is 43.8 Å². The third-order valence-corrected chi connectivity index (χ3v) is 12.3. The summed E-state index contributed by atoms with van der Waals surface area (Å²) < 4.78 is 89.8. The molecule has 7 rings (SSSR count). The number of urea groups is 1. The summed E-state index contributed by atoms with van der Waals surface area (Å²) in [5, 5.41) is 0.783. The number of fused-ring (bicyclic) bond motifs is 3. The molecule has 4 aromatic heterocycles. The van der Waals surface area contributed by atoms with Crippen LogP contribution >= 0.6 is 11.5 Å². The van der Waals surface area contributed by atoms with Gasteiger partial charge in [-0.05, 0) is 23.6 Å². The van der Waals surface area contributed by atoms with E-state index in [0.717, 1.165) is 23.2 Å². The minimum atomic E-state index is -4.68. The number of carbonyl (C=O) groups is 2. The Hall–Kier alpha value is -6.12. The zero-order valence-electron chi connectivity index (χ0n) is 31.0. The SMILES string of the molecule is C#CCN1C(=O)COc2cc(F)c(N=c3snc4n3CC(C)(C)C4)cc21.CCS(=O)(=O)c1nc2ccccn2c1S(=O)(=O)NC(=O)Nc1nc(OC)cc(OC)n1. The van der Waals surface area contributed by atoms with Crippen molar-refractivity contribution in [3.63, 3.8) is 0 Å². The number of imidazole rings is 1. The number of ether oxygens (including phenoxy) is 3. The van der Waals surface area contributed by atoms with Gasteiger partial charge in [-0.25, -0.2) is 32.3 Å². The first kappa shape index (κ1) is 40.5. The maximum atomic E-state index is 14.5. The zero-order chi connectivity index (χ0) is 41.3. The van der Waals surface area contributed by atoms with Crippen molar-refractivity contribution < 1.29 is 45.0 Å². The number of amides is 3. The largest absolute Gasteiger partial charge is 0.481 e. The second kappa shape index (κ2) is 15.8. The van der Waals surface area contributed by atoms with Crippen molar-refractivity contribution in [3.05, 3.63) is 59.0 Å². The highest BCUT2D eigenvalue weighted by molar-refractivity contribution is 7.93. The Morgan fingerprint density at radius 2 is 1.84 bits per heavy atom. The van der Waals surface area contributed by atoms with Crippen LogP contribution in [0.5, 0.6) is 17.5 Å². The fourth-order valence-electron chi connectivity index (χ4n) is 5.75. The summed E-state index contributed by atoms with van der Waals surface area (Å²) in [7, 11) is -6.04. The maximum absolute atomic E-state index is 14.5. The molecular formula is C34H35FN10O9S3. The van der Waals surface area contributed by atoms with Crippen molar-refractivity contribution in [2.75, 3.05) is 43.3 Å². The van der Waals surface area contributed by atoms with Gasteiger partial charge in [0.15, 0.2) is 32.3 Å². The summed E-state index contributed by atoms with van der Waals surface area (Å²) in [6.07, 6.45) is 7.54. The van der Waals surface area contributed by atoms with E-state index in [2.05, 4.69) is 49.4 Å². The van der Waals surface area contributed by atoms with Crippen molar-refractivity contribution in [2.24, 2.45) is 10.4 Å². The molecular weight excluding hydrogens is 808 g/mol. The number of aromatic nitrogens is 6. The van der Waals surface area contributed by atoms with Crippen molar-refractivity contribution in [1.29, 1.82) is 0 Å². The van der Waals surface area contributed by atoms with Crippen molar-refractivity contribution >= 4 is 66.3 Å². The number of halogens is 1. The Morgan fingerprint density at radius 3 is 2.51 bits per heavy atom. The number of sulfonamides is 1. The van der Waals surface area contributed by atoms with E-state index in [0.29, 0.717) is 16.2 Å². The van der Waals surface area contributed by atoms with Crippen LogP contribution in [0.2, 0.25) is 0 Å². The Bertz CT molecular complexity index is 2720. The smallest absolute Gasteiger partial charge is 0.335 e. The van der Waals surface area contributed by atoms with E-state index in [1.54, 1.807) is 10.8 Å². The normalized spacial score (nSPS) is 14.8. The average Bonchev–Trinajstić information content (AvgIpc) is 3.84. The van der Waals surface area contributed by atoms with E-state index >= 15 is 0 Å². The lowest BCUT2D eigenvalue weighted by Gasteiger charge is -2.28. The number of nitrogens with one attached hydrogen (secondary N) is 2. The average molecular weight is 843 g/mol. The molecule has 0 radical (unpaired) electrons. The molecule has 5 aromatic rings. The van der Waals surface area contributed by atoms with Gasteiger partial charge in [0.25, 0.3) is 15.9 Å². The van der Waals surface area contributed by atoms with Gasteiger partial charge in [-0.15, -0.1) is 6.42 Å². The van der Waals surface area contributed by atoms with Gasteiger partial charge < -0.3 is 18.8 Å². The molecule has 1 aromatic carbocycles. The summed E-state index contributed by atoms with van der Waals surface area (Å²) in [5.74, 6) is 2.35. The van der Waals surface area contributed by atoms with Crippen molar-refractivity contribution in [1.82, 2.24) is 33.0 Å². The molecule has 2 N–H and O–H groups in total. The highest BCUT2D eigenvalue weighted by Crippen LogP contribution is 2.37. The van der Waals surface area contributed by atoms with Gasteiger partial charge in [0.1, 0.15) is 22.9 Å². The van der Waals surface area contributed by atoms with Gasteiger partial charge >= 0.3 is 6.03 Å². The van der Waals surface area contributed by atoms with E-state index in [1.165, 1.54) is 74.1 Å².